The van der Waals surface area contributed by atoms with Gasteiger partial charge in [0.1, 0.15) is 0 Å². The number of rotatable bonds is 5. The zero-order chi connectivity index (χ0) is 14.7. The summed E-state index contributed by atoms with van der Waals surface area (Å²) in [5.41, 5.74) is 2.52. The van der Waals surface area contributed by atoms with Crippen LogP contribution in [-0.4, -0.2) is 53.7 Å². The number of aromatic nitrogens is 1. The molecule has 2 atom stereocenters. The summed E-state index contributed by atoms with van der Waals surface area (Å²) < 4.78 is 5.55. The van der Waals surface area contributed by atoms with Gasteiger partial charge in [-0.3, -0.25) is 4.90 Å². The van der Waals surface area contributed by atoms with Crippen molar-refractivity contribution in [3.8, 4) is 0 Å². The quantitative estimate of drug-likeness (QED) is 0.846. The molecule has 3 rings (SSSR count). The van der Waals surface area contributed by atoms with Crippen LogP contribution in [0.25, 0.3) is 0 Å². The van der Waals surface area contributed by atoms with Crippen LogP contribution in [0.3, 0.4) is 0 Å². The predicted molar refractivity (Wildman–Crippen MR) is 84.7 cm³/mol. The Morgan fingerprint density at radius 3 is 3.05 bits per heavy atom. The Labute approximate surface area is 130 Å². The van der Waals surface area contributed by atoms with E-state index in [1.54, 1.807) is 11.8 Å². The molecule has 0 amide bonds. The smallest absolute Gasteiger partial charge is 0.0961 e. The molecule has 4 nitrogen and oxygen atoms in total. The molecule has 3 heterocycles. The summed E-state index contributed by atoms with van der Waals surface area (Å²) in [7, 11) is 0. The summed E-state index contributed by atoms with van der Waals surface area (Å²) in [6.07, 6.45) is 5.43. The molecule has 0 aliphatic carbocycles. The average Bonchev–Trinajstić information content (AvgIpc) is 3.18. The molecule has 0 spiro atoms. The fraction of sp³-hybridized carbons (Fsp3) is 0.688. The third-order valence-corrected chi connectivity index (χ3v) is 5.27. The van der Waals surface area contributed by atoms with E-state index in [0.29, 0.717) is 12.0 Å². The third kappa shape index (κ3) is 3.42. The van der Waals surface area contributed by atoms with Gasteiger partial charge in [0.05, 0.1) is 23.9 Å². The minimum Gasteiger partial charge on any atom is -0.395 e. The maximum absolute atomic E-state index is 9.51. The molecule has 2 saturated heterocycles. The maximum atomic E-state index is 9.51. The second-order valence-corrected chi connectivity index (χ2v) is 6.73. The third-order valence-electron chi connectivity index (χ3n) is 4.63. The molecule has 116 valence electrons. The van der Waals surface area contributed by atoms with E-state index in [1.165, 1.54) is 17.7 Å². The molecule has 0 unspecified atom stereocenters. The number of nitrogens with zero attached hydrogens (tertiary/aromatic N) is 2. The first-order valence-corrected chi connectivity index (χ1v) is 9.00. The van der Waals surface area contributed by atoms with Crippen molar-refractivity contribution in [3.05, 3.63) is 23.4 Å². The van der Waals surface area contributed by atoms with Gasteiger partial charge in [-0.05, 0) is 43.7 Å². The van der Waals surface area contributed by atoms with Crippen LogP contribution in [0.2, 0.25) is 0 Å². The average molecular weight is 308 g/mol. The van der Waals surface area contributed by atoms with Gasteiger partial charge in [-0.1, -0.05) is 6.07 Å². The summed E-state index contributed by atoms with van der Waals surface area (Å²) >= 11 is 1.69. The molecular weight excluding hydrogens is 284 g/mol. The van der Waals surface area contributed by atoms with E-state index in [2.05, 4.69) is 23.3 Å². The number of aliphatic hydroxyl groups is 1. The Morgan fingerprint density at radius 1 is 1.43 bits per heavy atom. The van der Waals surface area contributed by atoms with Gasteiger partial charge >= 0.3 is 0 Å². The van der Waals surface area contributed by atoms with Gasteiger partial charge in [-0.25, -0.2) is 4.98 Å². The summed E-state index contributed by atoms with van der Waals surface area (Å²) in [6, 6.07) is 4.66. The van der Waals surface area contributed by atoms with E-state index in [9.17, 15) is 5.11 Å². The van der Waals surface area contributed by atoms with Gasteiger partial charge in [0.25, 0.3) is 0 Å². The number of hydrogen-bond acceptors (Lipinski definition) is 5. The normalized spacial score (nSPS) is 26.6. The van der Waals surface area contributed by atoms with Crippen LogP contribution in [0.5, 0.6) is 0 Å². The molecule has 2 aliphatic rings. The molecule has 0 aromatic carbocycles. The summed E-state index contributed by atoms with van der Waals surface area (Å²) in [4.78, 5) is 7.23. The molecule has 0 bridgehead atoms. The molecule has 1 aromatic heterocycles. The highest BCUT2D eigenvalue weighted by Crippen LogP contribution is 2.30. The Morgan fingerprint density at radius 2 is 2.33 bits per heavy atom. The van der Waals surface area contributed by atoms with E-state index in [0.717, 1.165) is 44.2 Å². The van der Waals surface area contributed by atoms with Crippen molar-refractivity contribution in [1.29, 1.82) is 0 Å². The molecule has 0 radical (unpaired) electrons. The molecule has 1 N–H and O–H groups in total. The number of hydrogen-bond donors (Lipinski definition) is 1. The van der Waals surface area contributed by atoms with Crippen molar-refractivity contribution in [2.45, 2.75) is 42.8 Å². The minimum absolute atomic E-state index is 0.254. The molecule has 0 saturated carbocycles. The first-order chi connectivity index (χ1) is 10.3. The summed E-state index contributed by atoms with van der Waals surface area (Å²) in [6.45, 7) is 3.85. The van der Waals surface area contributed by atoms with Crippen molar-refractivity contribution in [3.63, 3.8) is 0 Å². The Bertz CT molecular complexity index is 477. The monoisotopic (exact) mass is 308 g/mol. The SMILES string of the molecule is CSc1ccc([C@H]2CCOC2)c(CN2CCC[C@@H]2CO)n1. The molecule has 1 aromatic rings. The summed E-state index contributed by atoms with van der Waals surface area (Å²) in [5.74, 6) is 0.485. The second-order valence-electron chi connectivity index (χ2n) is 5.90. The van der Waals surface area contributed by atoms with Crippen LogP contribution in [-0.2, 0) is 11.3 Å². The number of ether oxygens (including phenoxy) is 1. The topological polar surface area (TPSA) is 45.6 Å². The number of aliphatic hydroxyl groups excluding tert-OH is 1. The van der Waals surface area contributed by atoms with Gasteiger partial charge in [0, 0.05) is 25.1 Å². The van der Waals surface area contributed by atoms with E-state index in [1.807, 2.05) is 0 Å². The molecular formula is C16H24N2O2S. The van der Waals surface area contributed by atoms with Gasteiger partial charge in [0.2, 0.25) is 0 Å². The van der Waals surface area contributed by atoms with Crippen LogP contribution in [0.1, 0.15) is 36.4 Å². The first-order valence-electron chi connectivity index (χ1n) is 7.78. The fourth-order valence-electron chi connectivity index (χ4n) is 3.39. The molecule has 5 heteroatoms. The van der Waals surface area contributed by atoms with Crippen LogP contribution in [0.15, 0.2) is 17.2 Å². The fourth-order valence-corrected chi connectivity index (χ4v) is 3.79. The standard InChI is InChI=1S/C16H24N2O2S/c1-21-16-5-4-14(12-6-8-20-11-12)15(17-16)9-18-7-2-3-13(18)10-19/h4-5,12-13,19H,2-3,6-11H2,1H3/t12-,13+/m0/s1. The maximum Gasteiger partial charge on any atom is 0.0961 e. The van der Waals surface area contributed by atoms with E-state index in [-0.39, 0.29) is 6.61 Å². The highest BCUT2D eigenvalue weighted by atomic mass is 32.2. The number of thioether (sulfide) groups is 1. The molecule has 21 heavy (non-hydrogen) atoms. The summed E-state index contributed by atoms with van der Waals surface area (Å²) in [5, 5.41) is 10.6. The molecule has 2 aliphatic heterocycles. The lowest BCUT2D eigenvalue weighted by Gasteiger charge is -2.24. The Hall–Kier alpha value is -0.620. The lowest BCUT2D eigenvalue weighted by molar-refractivity contribution is 0.151. The van der Waals surface area contributed by atoms with Gasteiger partial charge < -0.3 is 9.84 Å². The van der Waals surface area contributed by atoms with Crippen LogP contribution >= 0.6 is 11.8 Å². The van der Waals surface area contributed by atoms with E-state index < -0.39 is 0 Å². The second kappa shape index (κ2) is 7.09. The molecule has 2 fully saturated rings. The lowest BCUT2D eigenvalue weighted by atomic mass is 9.96. The minimum atomic E-state index is 0.254. The Kier molecular flexibility index (Phi) is 5.16. The van der Waals surface area contributed by atoms with Gasteiger partial charge in [-0.2, -0.15) is 0 Å². The van der Waals surface area contributed by atoms with Crippen LogP contribution in [0, 0.1) is 0 Å². The Balaban J connectivity index is 1.83. The zero-order valence-electron chi connectivity index (χ0n) is 12.6. The van der Waals surface area contributed by atoms with Crippen molar-refractivity contribution in [2.75, 3.05) is 32.6 Å². The largest absolute Gasteiger partial charge is 0.395 e. The van der Waals surface area contributed by atoms with Crippen molar-refractivity contribution >= 4 is 11.8 Å². The highest BCUT2D eigenvalue weighted by Gasteiger charge is 2.27. The zero-order valence-corrected chi connectivity index (χ0v) is 13.4. The van der Waals surface area contributed by atoms with Gasteiger partial charge in [-0.15, -0.1) is 11.8 Å². The van der Waals surface area contributed by atoms with Crippen LogP contribution in [0.4, 0.5) is 0 Å². The first kappa shape index (κ1) is 15.3. The number of pyridine rings is 1. The van der Waals surface area contributed by atoms with Crippen LogP contribution < -0.4 is 0 Å². The van der Waals surface area contributed by atoms with E-state index >= 15 is 0 Å². The van der Waals surface area contributed by atoms with Gasteiger partial charge in [0.15, 0.2) is 0 Å². The highest BCUT2D eigenvalue weighted by molar-refractivity contribution is 7.98. The van der Waals surface area contributed by atoms with Crippen molar-refractivity contribution in [2.24, 2.45) is 0 Å². The number of likely N-dealkylation sites (tertiary alicyclic amines) is 1. The van der Waals surface area contributed by atoms with Crippen molar-refractivity contribution in [1.82, 2.24) is 9.88 Å². The van der Waals surface area contributed by atoms with E-state index in [4.69, 9.17) is 9.72 Å². The predicted octanol–water partition coefficient (Wildman–Crippen LogP) is 2.26. The van der Waals surface area contributed by atoms with Crippen molar-refractivity contribution < 1.29 is 9.84 Å². The lowest BCUT2D eigenvalue weighted by Crippen LogP contribution is -2.32.